The Labute approximate surface area is 188 Å². The lowest BCUT2D eigenvalue weighted by Crippen LogP contribution is -2.32. The summed E-state index contributed by atoms with van der Waals surface area (Å²) in [6.45, 7) is 0.826. The largest absolute Gasteiger partial charge is 0.324 e. The van der Waals surface area contributed by atoms with E-state index in [9.17, 15) is 14.0 Å². The molecular formula is C23H22FN5O2S. The van der Waals surface area contributed by atoms with Gasteiger partial charge in [-0.3, -0.25) is 9.59 Å². The minimum Gasteiger partial charge on any atom is -0.324 e. The van der Waals surface area contributed by atoms with Gasteiger partial charge in [-0.05, 0) is 43.2 Å². The summed E-state index contributed by atoms with van der Waals surface area (Å²) in [7, 11) is 0. The number of para-hydroxylation sites is 1. The van der Waals surface area contributed by atoms with E-state index < -0.39 is 17.0 Å². The summed E-state index contributed by atoms with van der Waals surface area (Å²) in [6, 6.07) is 12.0. The van der Waals surface area contributed by atoms with Crippen LogP contribution in [0.3, 0.4) is 0 Å². The molecule has 0 aliphatic carbocycles. The fourth-order valence-corrected chi connectivity index (χ4v) is 5.17. The van der Waals surface area contributed by atoms with Gasteiger partial charge in [0.1, 0.15) is 11.6 Å². The lowest BCUT2D eigenvalue weighted by Gasteiger charge is -2.23. The van der Waals surface area contributed by atoms with E-state index in [-0.39, 0.29) is 18.0 Å². The number of aryl methyl sites for hydroxylation is 1. The quantitative estimate of drug-likeness (QED) is 0.619. The van der Waals surface area contributed by atoms with E-state index in [4.69, 9.17) is 0 Å². The fraction of sp³-hybridized carbons (Fsp3) is 0.304. The zero-order valence-corrected chi connectivity index (χ0v) is 18.1. The van der Waals surface area contributed by atoms with Crippen molar-refractivity contribution in [2.24, 2.45) is 0 Å². The molecule has 2 aromatic carbocycles. The Bertz CT molecular complexity index is 1190. The molecule has 1 aromatic heterocycles. The van der Waals surface area contributed by atoms with Crippen LogP contribution >= 0.6 is 11.8 Å². The van der Waals surface area contributed by atoms with Gasteiger partial charge in [0.15, 0.2) is 5.82 Å². The molecule has 0 saturated carbocycles. The third-order valence-corrected chi connectivity index (χ3v) is 6.96. The van der Waals surface area contributed by atoms with Gasteiger partial charge in [0.05, 0.1) is 16.6 Å². The second-order valence-corrected chi connectivity index (χ2v) is 9.19. The zero-order valence-electron chi connectivity index (χ0n) is 17.3. The monoisotopic (exact) mass is 451 g/mol. The smallest absolute Gasteiger partial charge is 0.238 e. The Hall–Kier alpha value is -3.20. The lowest BCUT2D eigenvalue weighted by atomic mass is 10.1. The Morgan fingerprint density at radius 3 is 2.97 bits per heavy atom. The highest BCUT2D eigenvalue weighted by Crippen LogP contribution is 2.37. The Balaban J connectivity index is 1.32. The number of nitrogens with zero attached hydrogens (tertiary/aromatic N) is 3. The Morgan fingerprint density at radius 1 is 1.19 bits per heavy atom. The van der Waals surface area contributed by atoms with Gasteiger partial charge < -0.3 is 15.2 Å². The number of carbonyl (C=O) groups is 2. The van der Waals surface area contributed by atoms with Crippen molar-refractivity contribution in [3.63, 3.8) is 0 Å². The molecule has 0 radical (unpaired) electrons. The SMILES string of the molecule is O=C(CC1Sc2ccccc2NC1=O)Nc1cc(-c2nnc3n2CCCCC3)ccc1F. The Morgan fingerprint density at radius 2 is 2.06 bits per heavy atom. The normalized spacial score (nSPS) is 17.7. The van der Waals surface area contributed by atoms with Gasteiger partial charge in [-0.1, -0.05) is 18.6 Å². The van der Waals surface area contributed by atoms with Crippen LogP contribution in [-0.4, -0.2) is 31.8 Å². The summed E-state index contributed by atoms with van der Waals surface area (Å²) in [6.07, 6.45) is 4.09. The zero-order chi connectivity index (χ0) is 22.1. The molecule has 164 valence electrons. The number of rotatable bonds is 4. The van der Waals surface area contributed by atoms with Crippen molar-refractivity contribution < 1.29 is 14.0 Å². The fourth-order valence-electron chi connectivity index (χ4n) is 4.06. The van der Waals surface area contributed by atoms with Crippen LogP contribution in [0.4, 0.5) is 15.8 Å². The van der Waals surface area contributed by atoms with Crippen molar-refractivity contribution in [2.45, 2.75) is 48.8 Å². The molecule has 7 nitrogen and oxygen atoms in total. The molecule has 3 heterocycles. The molecule has 2 amide bonds. The van der Waals surface area contributed by atoms with Crippen LogP contribution in [0.25, 0.3) is 11.4 Å². The van der Waals surface area contributed by atoms with Crippen molar-refractivity contribution in [3.05, 3.63) is 54.1 Å². The number of thioether (sulfide) groups is 1. The van der Waals surface area contributed by atoms with Crippen molar-refractivity contribution in [3.8, 4) is 11.4 Å². The molecule has 0 bridgehead atoms. The summed E-state index contributed by atoms with van der Waals surface area (Å²) < 4.78 is 16.6. The van der Waals surface area contributed by atoms with Crippen molar-refractivity contribution in [1.82, 2.24) is 14.8 Å². The van der Waals surface area contributed by atoms with Gasteiger partial charge >= 0.3 is 0 Å². The number of benzene rings is 2. The van der Waals surface area contributed by atoms with Crippen LogP contribution in [0, 0.1) is 5.82 Å². The predicted molar refractivity (Wildman–Crippen MR) is 121 cm³/mol. The number of anilines is 2. The topological polar surface area (TPSA) is 88.9 Å². The van der Waals surface area contributed by atoms with Crippen LogP contribution in [0.1, 0.15) is 31.5 Å². The number of amides is 2. The summed E-state index contributed by atoms with van der Waals surface area (Å²) in [5.74, 6) is 0.422. The minimum atomic E-state index is -0.580. The first-order valence-corrected chi connectivity index (χ1v) is 11.5. The van der Waals surface area contributed by atoms with Gasteiger partial charge in [0, 0.05) is 29.8 Å². The van der Waals surface area contributed by atoms with E-state index in [0.717, 1.165) is 48.6 Å². The molecule has 0 spiro atoms. The second-order valence-electron chi connectivity index (χ2n) is 7.94. The molecule has 1 atom stereocenters. The molecule has 2 aliphatic rings. The molecule has 0 fully saturated rings. The van der Waals surface area contributed by atoms with E-state index in [0.29, 0.717) is 11.4 Å². The van der Waals surface area contributed by atoms with Gasteiger partial charge in [0.2, 0.25) is 11.8 Å². The van der Waals surface area contributed by atoms with E-state index in [1.807, 2.05) is 24.3 Å². The predicted octanol–water partition coefficient (Wildman–Crippen LogP) is 4.25. The number of hydrogen-bond acceptors (Lipinski definition) is 5. The number of aromatic nitrogens is 3. The summed E-state index contributed by atoms with van der Waals surface area (Å²) >= 11 is 1.34. The number of halogens is 1. The first-order valence-electron chi connectivity index (χ1n) is 10.7. The van der Waals surface area contributed by atoms with Crippen molar-refractivity contribution in [2.75, 3.05) is 10.6 Å². The second kappa shape index (κ2) is 8.74. The number of carbonyl (C=O) groups excluding carboxylic acids is 2. The van der Waals surface area contributed by atoms with Crippen LogP contribution in [0.5, 0.6) is 0 Å². The van der Waals surface area contributed by atoms with Crippen LogP contribution in [0.2, 0.25) is 0 Å². The first-order chi connectivity index (χ1) is 15.6. The molecular weight excluding hydrogens is 429 g/mol. The first kappa shape index (κ1) is 20.7. The number of hydrogen-bond donors (Lipinski definition) is 2. The van der Waals surface area contributed by atoms with Crippen molar-refractivity contribution >= 4 is 35.0 Å². The van der Waals surface area contributed by atoms with E-state index in [2.05, 4.69) is 25.4 Å². The lowest BCUT2D eigenvalue weighted by molar-refractivity contribution is -0.120. The van der Waals surface area contributed by atoms with Gasteiger partial charge in [0.25, 0.3) is 0 Å². The third kappa shape index (κ3) is 4.12. The standard InChI is InChI=1S/C23H22FN5O2S/c24-15-10-9-14(22-28-27-20-8-2-1-5-11-29(20)22)12-17(15)25-21(30)13-19-23(31)26-16-6-3-4-7-18(16)32-19/h3-4,6-7,9-10,12,19H,1-2,5,8,11,13H2,(H,25,30)(H,26,31). The maximum atomic E-state index is 14.5. The third-order valence-electron chi connectivity index (χ3n) is 5.69. The van der Waals surface area contributed by atoms with Gasteiger partial charge in [-0.15, -0.1) is 22.0 Å². The van der Waals surface area contributed by atoms with Gasteiger partial charge in [-0.2, -0.15) is 0 Å². The van der Waals surface area contributed by atoms with Gasteiger partial charge in [-0.25, -0.2) is 4.39 Å². The molecule has 2 aliphatic heterocycles. The summed E-state index contributed by atoms with van der Waals surface area (Å²) in [5, 5.41) is 13.5. The van der Waals surface area contributed by atoms with E-state index in [1.165, 1.54) is 17.8 Å². The molecule has 5 rings (SSSR count). The van der Waals surface area contributed by atoms with E-state index in [1.54, 1.807) is 12.1 Å². The molecule has 9 heteroatoms. The average Bonchev–Trinajstić information content (AvgIpc) is 3.04. The minimum absolute atomic E-state index is 0.0607. The molecule has 2 N–H and O–H groups in total. The molecule has 1 unspecified atom stereocenters. The number of fused-ring (bicyclic) bond motifs is 2. The van der Waals surface area contributed by atoms with Crippen LogP contribution in [0.15, 0.2) is 47.4 Å². The average molecular weight is 452 g/mol. The Kier molecular flexibility index (Phi) is 5.65. The highest BCUT2D eigenvalue weighted by atomic mass is 32.2. The number of nitrogens with one attached hydrogen (secondary N) is 2. The molecule has 0 saturated heterocycles. The van der Waals surface area contributed by atoms with Crippen molar-refractivity contribution in [1.29, 1.82) is 0 Å². The highest BCUT2D eigenvalue weighted by Gasteiger charge is 2.29. The van der Waals surface area contributed by atoms with Crippen LogP contribution in [-0.2, 0) is 22.6 Å². The summed E-state index contributed by atoms with van der Waals surface area (Å²) in [5.41, 5.74) is 1.51. The maximum absolute atomic E-state index is 14.5. The van der Waals surface area contributed by atoms with E-state index >= 15 is 0 Å². The molecule has 3 aromatic rings. The maximum Gasteiger partial charge on any atom is 0.238 e. The molecule has 32 heavy (non-hydrogen) atoms. The van der Waals surface area contributed by atoms with Crippen LogP contribution < -0.4 is 10.6 Å². The highest BCUT2D eigenvalue weighted by molar-refractivity contribution is 8.01. The summed E-state index contributed by atoms with van der Waals surface area (Å²) in [4.78, 5) is 26.0.